The number of hydrogen-bond donors (Lipinski definition) is 1. The number of carbonyl (C=O) groups is 1. The Morgan fingerprint density at radius 1 is 1.04 bits per heavy atom. The lowest BCUT2D eigenvalue weighted by Crippen LogP contribution is -2.28. The molecule has 2 aromatic rings. The predicted molar refractivity (Wildman–Crippen MR) is 80.4 cm³/mol. The molecule has 1 N–H and O–H groups in total. The number of halogens is 5. The van der Waals surface area contributed by atoms with E-state index >= 15 is 0 Å². The van der Waals surface area contributed by atoms with Crippen LogP contribution in [0.5, 0.6) is 5.75 Å². The Morgan fingerprint density at radius 2 is 1.64 bits per heavy atom. The average Bonchev–Trinajstić information content (AvgIpc) is 2.54. The molecule has 0 aromatic heterocycles. The van der Waals surface area contributed by atoms with Gasteiger partial charge < -0.3 is 10.1 Å². The van der Waals surface area contributed by atoms with Gasteiger partial charge >= 0.3 is 12.8 Å². The van der Waals surface area contributed by atoms with Gasteiger partial charge in [-0.2, -0.15) is 22.0 Å². The number of amides is 1. The molecule has 0 aliphatic heterocycles. The average molecular weight is 359 g/mol. The van der Waals surface area contributed by atoms with Crippen LogP contribution in [-0.2, 0) is 6.18 Å². The second-order valence-corrected chi connectivity index (χ2v) is 5.19. The summed E-state index contributed by atoms with van der Waals surface area (Å²) in [5, 5.41) is 2.46. The maximum atomic E-state index is 13.0. The van der Waals surface area contributed by atoms with Gasteiger partial charge in [0.15, 0.2) is 0 Å². The molecule has 0 spiro atoms. The van der Waals surface area contributed by atoms with Gasteiger partial charge in [0.05, 0.1) is 17.2 Å². The summed E-state index contributed by atoms with van der Waals surface area (Å²) in [6.07, 6.45) is -4.65. The fourth-order valence-electron chi connectivity index (χ4n) is 2.22. The zero-order valence-corrected chi connectivity index (χ0v) is 13.0. The van der Waals surface area contributed by atoms with E-state index in [1.807, 2.05) is 0 Å². The molecule has 134 valence electrons. The van der Waals surface area contributed by atoms with Gasteiger partial charge in [0.1, 0.15) is 5.75 Å². The van der Waals surface area contributed by atoms with Crippen molar-refractivity contribution in [2.45, 2.75) is 25.8 Å². The largest absolute Gasteiger partial charge is 0.435 e. The van der Waals surface area contributed by atoms with Crippen LogP contribution in [0.2, 0.25) is 0 Å². The fourth-order valence-corrected chi connectivity index (χ4v) is 2.22. The van der Waals surface area contributed by atoms with Crippen molar-refractivity contribution in [3.63, 3.8) is 0 Å². The van der Waals surface area contributed by atoms with Crippen LogP contribution in [0, 0.1) is 0 Å². The Balaban J connectivity index is 2.13. The van der Waals surface area contributed by atoms with E-state index in [1.54, 1.807) is 6.92 Å². The van der Waals surface area contributed by atoms with Gasteiger partial charge in [0.25, 0.3) is 5.91 Å². The van der Waals surface area contributed by atoms with Gasteiger partial charge in [0, 0.05) is 0 Å². The molecule has 0 aliphatic carbocycles. The van der Waals surface area contributed by atoms with Crippen LogP contribution in [0.15, 0.2) is 48.5 Å². The number of nitrogens with one attached hydrogen (secondary N) is 1. The normalized spacial score (nSPS) is 12.8. The van der Waals surface area contributed by atoms with Crippen molar-refractivity contribution in [1.29, 1.82) is 0 Å². The Hall–Kier alpha value is -2.64. The van der Waals surface area contributed by atoms with Gasteiger partial charge in [-0.3, -0.25) is 4.79 Å². The maximum absolute atomic E-state index is 13.0. The van der Waals surface area contributed by atoms with Crippen LogP contribution in [0.25, 0.3) is 0 Å². The highest BCUT2D eigenvalue weighted by atomic mass is 19.4. The summed E-state index contributed by atoms with van der Waals surface area (Å²) in [7, 11) is 0. The van der Waals surface area contributed by atoms with Gasteiger partial charge in [-0.15, -0.1) is 0 Å². The van der Waals surface area contributed by atoms with E-state index in [1.165, 1.54) is 36.4 Å². The molecule has 0 saturated carbocycles. The molecule has 3 nitrogen and oxygen atoms in total. The third-order valence-corrected chi connectivity index (χ3v) is 3.43. The first kappa shape index (κ1) is 18.7. The number of carbonyl (C=O) groups excluding carboxylic acids is 1. The van der Waals surface area contributed by atoms with Gasteiger partial charge in [-0.05, 0) is 36.8 Å². The highest BCUT2D eigenvalue weighted by Gasteiger charge is 2.35. The lowest BCUT2D eigenvalue weighted by atomic mass is 10.0. The summed E-state index contributed by atoms with van der Waals surface area (Å²) in [6.45, 7) is -1.39. The van der Waals surface area contributed by atoms with Crippen molar-refractivity contribution in [2.75, 3.05) is 0 Å². The van der Waals surface area contributed by atoms with Crippen molar-refractivity contribution >= 4 is 5.91 Å². The van der Waals surface area contributed by atoms with Crippen molar-refractivity contribution in [3.8, 4) is 5.75 Å². The van der Waals surface area contributed by atoms with Crippen LogP contribution in [0.1, 0.15) is 34.5 Å². The highest BCUT2D eigenvalue weighted by molar-refractivity contribution is 5.96. The van der Waals surface area contributed by atoms with Crippen LogP contribution in [0.4, 0.5) is 22.0 Å². The van der Waals surface area contributed by atoms with E-state index in [2.05, 4.69) is 10.1 Å². The van der Waals surface area contributed by atoms with Gasteiger partial charge in [-0.25, -0.2) is 0 Å². The summed E-state index contributed by atoms with van der Waals surface area (Å²) < 4.78 is 67.3. The standard InChI is InChI=1S/C17H14F5NO2/c1-10(11-6-8-12(9-7-11)25-16(18)19)23-15(24)13-4-2-3-5-14(13)17(20,21)22/h2-10,16H,1H3,(H,23,24)/t10-/m0/s1. The van der Waals surface area contributed by atoms with Crippen LogP contribution < -0.4 is 10.1 Å². The van der Waals surface area contributed by atoms with Crippen molar-refractivity contribution in [3.05, 3.63) is 65.2 Å². The first-order chi connectivity index (χ1) is 11.7. The molecule has 0 heterocycles. The Morgan fingerprint density at radius 3 is 2.20 bits per heavy atom. The molecule has 0 radical (unpaired) electrons. The summed E-state index contributed by atoms with van der Waals surface area (Å²) in [6, 6.07) is 9.28. The maximum Gasteiger partial charge on any atom is 0.417 e. The summed E-state index contributed by atoms with van der Waals surface area (Å²) in [4.78, 5) is 12.2. The lowest BCUT2D eigenvalue weighted by Gasteiger charge is -2.17. The van der Waals surface area contributed by atoms with Crippen molar-refractivity contribution in [2.24, 2.45) is 0 Å². The Bertz CT molecular complexity index is 729. The fraction of sp³-hybridized carbons (Fsp3) is 0.235. The quantitative estimate of drug-likeness (QED) is 0.779. The molecular formula is C17H14F5NO2. The molecule has 1 atom stereocenters. The summed E-state index contributed by atoms with van der Waals surface area (Å²) >= 11 is 0. The number of hydrogen-bond acceptors (Lipinski definition) is 2. The van der Waals surface area contributed by atoms with Gasteiger partial charge in [-0.1, -0.05) is 24.3 Å². The smallest absolute Gasteiger partial charge is 0.417 e. The lowest BCUT2D eigenvalue weighted by molar-refractivity contribution is -0.137. The van der Waals surface area contributed by atoms with Crippen LogP contribution in [-0.4, -0.2) is 12.5 Å². The van der Waals surface area contributed by atoms with Gasteiger partial charge in [0.2, 0.25) is 0 Å². The number of benzene rings is 2. The second-order valence-electron chi connectivity index (χ2n) is 5.19. The van der Waals surface area contributed by atoms with Crippen molar-refractivity contribution < 1.29 is 31.5 Å². The van der Waals surface area contributed by atoms with E-state index < -0.39 is 35.9 Å². The molecule has 1 amide bonds. The molecular weight excluding hydrogens is 345 g/mol. The van der Waals surface area contributed by atoms with Crippen LogP contribution in [0.3, 0.4) is 0 Å². The summed E-state index contributed by atoms with van der Waals surface area (Å²) in [5.74, 6) is -0.937. The Kier molecular flexibility index (Phi) is 5.61. The zero-order chi connectivity index (χ0) is 18.6. The Labute approximate surface area is 140 Å². The highest BCUT2D eigenvalue weighted by Crippen LogP contribution is 2.32. The molecule has 0 aliphatic rings. The monoisotopic (exact) mass is 359 g/mol. The topological polar surface area (TPSA) is 38.3 Å². The second kappa shape index (κ2) is 7.50. The van der Waals surface area contributed by atoms with E-state index in [0.29, 0.717) is 5.56 Å². The molecule has 0 unspecified atom stereocenters. The molecule has 8 heteroatoms. The number of rotatable bonds is 5. The number of ether oxygens (including phenoxy) is 1. The van der Waals surface area contributed by atoms with Crippen molar-refractivity contribution in [1.82, 2.24) is 5.32 Å². The predicted octanol–water partition coefficient (Wildman–Crippen LogP) is 4.80. The zero-order valence-electron chi connectivity index (χ0n) is 13.0. The van der Waals surface area contributed by atoms with E-state index in [9.17, 15) is 26.7 Å². The molecule has 0 fully saturated rings. The van der Waals surface area contributed by atoms with E-state index in [4.69, 9.17) is 0 Å². The molecule has 2 aromatic carbocycles. The van der Waals surface area contributed by atoms with Crippen LogP contribution >= 0.6 is 0 Å². The molecule has 2 rings (SSSR count). The first-order valence-corrected chi connectivity index (χ1v) is 7.20. The molecule has 0 bridgehead atoms. The minimum absolute atomic E-state index is 0.0558. The first-order valence-electron chi connectivity index (χ1n) is 7.20. The summed E-state index contributed by atoms with van der Waals surface area (Å²) in [5.41, 5.74) is -0.987. The number of alkyl halides is 5. The third kappa shape index (κ3) is 4.91. The van der Waals surface area contributed by atoms with E-state index in [0.717, 1.165) is 12.1 Å². The molecule has 25 heavy (non-hydrogen) atoms. The molecule has 0 saturated heterocycles. The third-order valence-electron chi connectivity index (χ3n) is 3.43. The SMILES string of the molecule is C[C@H](NC(=O)c1ccccc1C(F)(F)F)c1ccc(OC(F)F)cc1. The van der Waals surface area contributed by atoms with E-state index in [-0.39, 0.29) is 5.75 Å². The minimum Gasteiger partial charge on any atom is -0.435 e. The minimum atomic E-state index is -4.65.